The van der Waals surface area contributed by atoms with Crippen LogP contribution in [0, 0.1) is 10.1 Å². The minimum atomic E-state index is -0.389. The average molecular weight is 277 g/mol. The van der Waals surface area contributed by atoms with Gasteiger partial charge in [0.25, 0.3) is 5.69 Å². The van der Waals surface area contributed by atoms with Gasteiger partial charge in [-0.2, -0.15) is 0 Å². The van der Waals surface area contributed by atoms with E-state index in [9.17, 15) is 10.1 Å². The maximum absolute atomic E-state index is 11.0. The SMILES string of the molecule is O=[N+]([O-])c1ccccc1C1=NOC(N2CCOCC2)C1. The van der Waals surface area contributed by atoms with Gasteiger partial charge in [0.2, 0.25) is 0 Å². The van der Waals surface area contributed by atoms with Gasteiger partial charge in [0.05, 0.1) is 29.4 Å². The summed E-state index contributed by atoms with van der Waals surface area (Å²) in [6.07, 6.45) is 0.416. The van der Waals surface area contributed by atoms with Crippen LogP contribution in [0.2, 0.25) is 0 Å². The molecule has 1 saturated heterocycles. The van der Waals surface area contributed by atoms with Crippen LogP contribution in [0.1, 0.15) is 12.0 Å². The molecule has 2 aliphatic heterocycles. The Hall–Kier alpha value is -1.99. The fraction of sp³-hybridized carbons (Fsp3) is 0.462. The Morgan fingerprint density at radius 2 is 2.05 bits per heavy atom. The predicted octanol–water partition coefficient (Wildman–Crippen LogP) is 1.38. The first kappa shape index (κ1) is 13.0. The van der Waals surface area contributed by atoms with Crippen LogP contribution in [0.5, 0.6) is 0 Å². The van der Waals surface area contributed by atoms with Crippen LogP contribution >= 0.6 is 0 Å². The zero-order chi connectivity index (χ0) is 13.9. The minimum absolute atomic E-state index is 0.0671. The molecule has 0 N–H and O–H groups in total. The molecule has 3 rings (SSSR count). The number of hydrogen-bond donors (Lipinski definition) is 0. The number of ether oxygens (including phenoxy) is 1. The summed E-state index contributed by atoms with van der Waals surface area (Å²) < 4.78 is 5.30. The van der Waals surface area contributed by atoms with Gasteiger partial charge < -0.3 is 9.57 Å². The quantitative estimate of drug-likeness (QED) is 0.616. The second-order valence-electron chi connectivity index (χ2n) is 4.72. The number of nitro groups is 1. The molecule has 1 fully saturated rings. The van der Waals surface area contributed by atoms with E-state index in [0.717, 1.165) is 13.1 Å². The lowest BCUT2D eigenvalue weighted by molar-refractivity contribution is -0.385. The van der Waals surface area contributed by atoms with Gasteiger partial charge in [0.1, 0.15) is 0 Å². The standard InChI is InChI=1S/C13H15N3O4/c17-16(18)12-4-2-1-3-10(12)11-9-13(20-14-11)15-5-7-19-8-6-15/h1-4,13H,5-9H2. The average Bonchev–Trinajstić information content (AvgIpc) is 2.98. The molecule has 7 nitrogen and oxygen atoms in total. The van der Waals surface area contributed by atoms with Crippen molar-refractivity contribution in [2.75, 3.05) is 26.3 Å². The van der Waals surface area contributed by atoms with Crippen molar-refractivity contribution < 1.29 is 14.5 Å². The molecule has 0 aliphatic carbocycles. The van der Waals surface area contributed by atoms with Crippen molar-refractivity contribution in [1.29, 1.82) is 0 Å². The summed E-state index contributed by atoms with van der Waals surface area (Å²) in [7, 11) is 0. The number of morpholine rings is 1. The highest BCUT2D eigenvalue weighted by Crippen LogP contribution is 2.26. The Kier molecular flexibility index (Phi) is 3.62. The van der Waals surface area contributed by atoms with Gasteiger partial charge in [-0.05, 0) is 6.07 Å². The van der Waals surface area contributed by atoms with Crippen LogP contribution in [-0.4, -0.2) is 48.1 Å². The van der Waals surface area contributed by atoms with Gasteiger partial charge in [0.15, 0.2) is 6.23 Å². The van der Waals surface area contributed by atoms with E-state index in [2.05, 4.69) is 10.1 Å². The third kappa shape index (κ3) is 2.50. The molecule has 106 valence electrons. The summed E-state index contributed by atoms with van der Waals surface area (Å²) in [5.41, 5.74) is 1.24. The molecule has 1 unspecified atom stereocenters. The molecule has 2 aliphatic rings. The van der Waals surface area contributed by atoms with Crippen molar-refractivity contribution in [3.05, 3.63) is 39.9 Å². The Morgan fingerprint density at radius 3 is 2.80 bits per heavy atom. The second kappa shape index (κ2) is 5.56. The van der Waals surface area contributed by atoms with Crippen molar-refractivity contribution in [3.63, 3.8) is 0 Å². The summed E-state index contributed by atoms with van der Waals surface area (Å²) in [5.74, 6) is 0. The van der Waals surface area contributed by atoms with Crippen LogP contribution in [0.15, 0.2) is 29.4 Å². The third-order valence-corrected chi connectivity index (χ3v) is 3.52. The lowest BCUT2D eigenvalue weighted by Gasteiger charge is -2.29. The lowest BCUT2D eigenvalue weighted by atomic mass is 10.0. The van der Waals surface area contributed by atoms with Gasteiger partial charge in [-0.1, -0.05) is 17.3 Å². The van der Waals surface area contributed by atoms with E-state index >= 15 is 0 Å². The normalized spacial score (nSPS) is 23.2. The zero-order valence-corrected chi connectivity index (χ0v) is 10.9. The van der Waals surface area contributed by atoms with Crippen LogP contribution in [0.25, 0.3) is 0 Å². The molecule has 0 radical (unpaired) electrons. The molecular weight excluding hydrogens is 262 g/mol. The zero-order valence-electron chi connectivity index (χ0n) is 10.9. The molecule has 0 bridgehead atoms. The molecule has 20 heavy (non-hydrogen) atoms. The molecule has 0 spiro atoms. The summed E-state index contributed by atoms with van der Waals surface area (Å²) in [6, 6.07) is 6.62. The number of nitrogens with zero attached hydrogens (tertiary/aromatic N) is 3. The summed E-state index contributed by atoms with van der Waals surface area (Å²) >= 11 is 0. The van der Waals surface area contributed by atoms with Crippen molar-refractivity contribution >= 4 is 11.4 Å². The number of rotatable bonds is 3. The maximum Gasteiger partial charge on any atom is 0.278 e. The topological polar surface area (TPSA) is 77.2 Å². The second-order valence-corrected chi connectivity index (χ2v) is 4.72. The summed E-state index contributed by atoms with van der Waals surface area (Å²) in [4.78, 5) is 18.2. The third-order valence-electron chi connectivity index (χ3n) is 3.52. The molecule has 0 saturated carbocycles. The van der Waals surface area contributed by atoms with E-state index in [1.807, 2.05) is 0 Å². The molecular formula is C13H15N3O4. The van der Waals surface area contributed by atoms with Crippen LogP contribution < -0.4 is 0 Å². The Labute approximate surface area is 115 Å². The highest BCUT2D eigenvalue weighted by molar-refractivity contribution is 6.04. The van der Waals surface area contributed by atoms with E-state index in [4.69, 9.17) is 9.57 Å². The van der Waals surface area contributed by atoms with Crippen molar-refractivity contribution in [3.8, 4) is 0 Å². The number of nitro benzene ring substituents is 1. The molecule has 0 amide bonds. The van der Waals surface area contributed by atoms with Gasteiger partial charge in [-0.25, -0.2) is 0 Å². The Bertz CT molecular complexity index is 540. The number of benzene rings is 1. The molecule has 1 aromatic rings. The Morgan fingerprint density at radius 1 is 1.30 bits per heavy atom. The number of para-hydroxylation sites is 1. The van der Waals surface area contributed by atoms with Crippen molar-refractivity contribution in [2.45, 2.75) is 12.6 Å². The van der Waals surface area contributed by atoms with Crippen LogP contribution in [-0.2, 0) is 9.57 Å². The molecule has 1 atom stereocenters. The van der Waals surface area contributed by atoms with Crippen molar-refractivity contribution in [1.82, 2.24) is 4.90 Å². The van der Waals surface area contributed by atoms with Gasteiger partial charge in [-0.3, -0.25) is 15.0 Å². The largest absolute Gasteiger partial charge is 0.379 e. The monoisotopic (exact) mass is 277 g/mol. The van der Waals surface area contributed by atoms with E-state index in [1.54, 1.807) is 18.2 Å². The predicted molar refractivity (Wildman–Crippen MR) is 71.5 cm³/mol. The van der Waals surface area contributed by atoms with Gasteiger partial charge in [-0.15, -0.1) is 0 Å². The summed E-state index contributed by atoms with van der Waals surface area (Å²) in [6.45, 7) is 2.95. The number of hydrogen-bond acceptors (Lipinski definition) is 6. The minimum Gasteiger partial charge on any atom is -0.379 e. The lowest BCUT2D eigenvalue weighted by Crippen LogP contribution is -2.43. The van der Waals surface area contributed by atoms with Gasteiger partial charge in [0, 0.05) is 25.6 Å². The fourth-order valence-corrected chi connectivity index (χ4v) is 2.46. The fourth-order valence-electron chi connectivity index (χ4n) is 2.46. The first-order valence-corrected chi connectivity index (χ1v) is 6.54. The van der Waals surface area contributed by atoms with E-state index in [1.165, 1.54) is 6.07 Å². The van der Waals surface area contributed by atoms with Crippen molar-refractivity contribution in [2.24, 2.45) is 5.16 Å². The molecule has 0 aromatic heterocycles. The van der Waals surface area contributed by atoms with E-state index < -0.39 is 0 Å². The molecule has 2 heterocycles. The van der Waals surface area contributed by atoms with Crippen LogP contribution in [0.4, 0.5) is 5.69 Å². The smallest absolute Gasteiger partial charge is 0.278 e. The first-order chi connectivity index (χ1) is 9.75. The Balaban J connectivity index is 1.75. The van der Waals surface area contributed by atoms with E-state index in [-0.39, 0.29) is 16.8 Å². The first-order valence-electron chi connectivity index (χ1n) is 6.54. The summed E-state index contributed by atoms with van der Waals surface area (Å²) in [5, 5.41) is 15.1. The highest BCUT2D eigenvalue weighted by Gasteiger charge is 2.31. The van der Waals surface area contributed by atoms with Gasteiger partial charge >= 0.3 is 0 Å². The van der Waals surface area contributed by atoms with E-state index in [0.29, 0.717) is 30.9 Å². The number of oxime groups is 1. The maximum atomic E-state index is 11.0. The molecule has 7 heteroatoms. The highest BCUT2D eigenvalue weighted by atomic mass is 16.7. The molecule has 1 aromatic carbocycles. The van der Waals surface area contributed by atoms with Crippen LogP contribution in [0.3, 0.4) is 0 Å².